The maximum Gasteiger partial charge on any atom is 0.237 e. The van der Waals surface area contributed by atoms with Gasteiger partial charge in [0, 0.05) is 46.3 Å². The van der Waals surface area contributed by atoms with Gasteiger partial charge in [-0.25, -0.2) is 0 Å². The van der Waals surface area contributed by atoms with Crippen molar-refractivity contribution >= 4 is 11.8 Å². The van der Waals surface area contributed by atoms with Crippen molar-refractivity contribution < 1.29 is 14.3 Å². The lowest BCUT2D eigenvalue weighted by Crippen LogP contribution is -2.58. The fraction of sp³-hybridized carbons (Fsp3) is 0.889. The Morgan fingerprint density at radius 3 is 2.38 bits per heavy atom. The van der Waals surface area contributed by atoms with Crippen molar-refractivity contribution in [2.45, 2.75) is 57.6 Å². The molecule has 0 radical (unpaired) electrons. The zero-order chi connectivity index (χ0) is 16.9. The van der Waals surface area contributed by atoms with Crippen molar-refractivity contribution in [1.29, 1.82) is 0 Å². The summed E-state index contributed by atoms with van der Waals surface area (Å²) in [7, 11) is 0. The second kappa shape index (κ2) is 8.30. The summed E-state index contributed by atoms with van der Waals surface area (Å²) in [5.74, 6) is 0.752. The summed E-state index contributed by atoms with van der Waals surface area (Å²) in [4.78, 5) is 28.6. The number of carbonyl (C=O) groups is 2. The van der Waals surface area contributed by atoms with Crippen LogP contribution in [0, 0.1) is 5.92 Å². The quantitative estimate of drug-likeness (QED) is 0.813. The maximum absolute atomic E-state index is 12.9. The van der Waals surface area contributed by atoms with Crippen LogP contribution in [0.15, 0.2) is 0 Å². The van der Waals surface area contributed by atoms with Crippen LogP contribution in [0.1, 0.15) is 45.4 Å². The molecule has 0 aromatic heterocycles. The van der Waals surface area contributed by atoms with E-state index in [0.29, 0.717) is 12.5 Å². The van der Waals surface area contributed by atoms with Crippen molar-refractivity contribution in [2.24, 2.45) is 5.92 Å². The number of hydrogen-bond donors (Lipinski definition) is 1. The lowest BCUT2D eigenvalue weighted by Gasteiger charge is -2.40. The number of amides is 2. The van der Waals surface area contributed by atoms with Crippen LogP contribution in [0.3, 0.4) is 0 Å². The standard InChI is InChI=1S/C18H31N3O3/c1-14(22)20-8-10-21(11-9-20)17(15-5-2-3-6-15)18(23)19-13-16-7-4-12-24-16/h15-17H,2-13H2,1H3,(H,19,23). The van der Waals surface area contributed by atoms with E-state index < -0.39 is 0 Å². The molecule has 6 nitrogen and oxygen atoms in total. The van der Waals surface area contributed by atoms with E-state index >= 15 is 0 Å². The van der Waals surface area contributed by atoms with Gasteiger partial charge in [-0.3, -0.25) is 14.5 Å². The van der Waals surface area contributed by atoms with E-state index in [-0.39, 0.29) is 24.0 Å². The molecule has 136 valence electrons. The van der Waals surface area contributed by atoms with Crippen LogP contribution in [0.2, 0.25) is 0 Å². The molecular weight excluding hydrogens is 306 g/mol. The third-order valence-corrected chi connectivity index (χ3v) is 5.80. The fourth-order valence-corrected chi connectivity index (χ4v) is 4.39. The number of nitrogens with zero attached hydrogens (tertiary/aromatic N) is 2. The summed E-state index contributed by atoms with van der Waals surface area (Å²) in [5.41, 5.74) is 0. The highest BCUT2D eigenvalue weighted by Crippen LogP contribution is 2.31. The lowest BCUT2D eigenvalue weighted by atomic mass is 9.95. The molecule has 2 amide bonds. The van der Waals surface area contributed by atoms with Crippen LogP contribution in [0.5, 0.6) is 0 Å². The van der Waals surface area contributed by atoms with E-state index in [0.717, 1.165) is 58.5 Å². The topological polar surface area (TPSA) is 61.9 Å². The third-order valence-electron chi connectivity index (χ3n) is 5.80. The molecule has 0 bridgehead atoms. The molecule has 2 unspecified atom stereocenters. The first kappa shape index (κ1) is 17.7. The van der Waals surface area contributed by atoms with Crippen molar-refractivity contribution in [3.63, 3.8) is 0 Å². The number of piperazine rings is 1. The molecule has 2 saturated heterocycles. The van der Waals surface area contributed by atoms with Gasteiger partial charge in [-0.1, -0.05) is 12.8 Å². The Morgan fingerprint density at radius 1 is 1.08 bits per heavy atom. The summed E-state index contributed by atoms with van der Waals surface area (Å²) < 4.78 is 5.62. The van der Waals surface area contributed by atoms with Gasteiger partial charge in [0.05, 0.1) is 12.1 Å². The lowest BCUT2D eigenvalue weighted by molar-refractivity contribution is -0.133. The third kappa shape index (κ3) is 4.28. The van der Waals surface area contributed by atoms with E-state index in [1.807, 2.05) is 4.90 Å². The molecule has 24 heavy (non-hydrogen) atoms. The van der Waals surface area contributed by atoms with Crippen molar-refractivity contribution in [3.05, 3.63) is 0 Å². The van der Waals surface area contributed by atoms with E-state index in [9.17, 15) is 9.59 Å². The van der Waals surface area contributed by atoms with Crippen LogP contribution in [0.25, 0.3) is 0 Å². The van der Waals surface area contributed by atoms with Crippen LogP contribution >= 0.6 is 0 Å². The van der Waals surface area contributed by atoms with Crippen LogP contribution < -0.4 is 5.32 Å². The number of carbonyl (C=O) groups excluding carboxylic acids is 2. The summed E-state index contributed by atoms with van der Waals surface area (Å²) in [6.07, 6.45) is 7.08. The second-order valence-electron chi connectivity index (χ2n) is 7.41. The molecule has 0 aromatic rings. The Hall–Kier alpha value is -1.14. The summed E-state index contributed by atoms with van der Waals surface area (Å²) in [6.45, 7) is 6.14. The summed E-state index contributed by atoms with van der Waals surface area (Å²) in [6, 6.07) is -0.0389. The van der Waals surface area contributed by atoms with E-state index in [2.05, 4.69) is 10.2 Å². The summed E-state index contributed by atoms with van der Waals surface area (Å²) in [5, 5.41) is 3.15. The highest BCUT2D eigenvalue weighted by atomic mass is 16.5. The van der Waals surface area contributed by atoms with Gasteiger partial charge in [0.1, 0.15) is 0 Å². The molecule has 2 aliphatic heterocycles. The molecular formula is C18H31N3O3. The Bertz CT molecular complexity index is 437. The van der Waals surface area contributed by atoms with Gasteiger partial charge in [-0.15, -0.1) is 0 Å². The Balaban J connectivity index is 1.58. The van der Waals surface area contributed by atoms with E-state index in [4.69, 9.17) is 4.74 Å². The Morgan fingerprint density at radius 2 is 1.79 bits per heavy atom. The molecule has 0 aromatic carbocycles. The molecule has 3 aliphatic rings. The number of ether oxygens (including phenoxy) is 1. The fourth-order valence-electron chi connectivity index (χ4n) is 4.39. The average Bonchev–Trinajstić information content (AvgIpc) is 3.27. The molecule has 1 aliphatic carbocycles. The summed E-state index contributed by atoms with van der Waals surface area (Å²) >= 11 is 0. The zero-order valence-electron chi connectivity index (χ0n) is 14.8. The molecule has 0 spiro atoms. The Labute approximate surface area is 144 Å². The van der Waals surface area contributed by atoms with E-state index in [1.165, 1.54) is 12.8 Å². The smallest absolute Gasteiger partial charge is 0.237 e. The SMILES string of the molecule is CC(=O)N1CCN(C(C(=O)NCC2CCCO2)C2CCCC2)CC1. The van der Waals surface area contributed by atoms with Gasteiger partial charge in [0.2, 0.25) is 11.8 Å². The number of rotatable bonds is 5. The number of hydrogen-bond acceptors (Lipinski definition) is 4. The largest absolute Gasteiger partial charge is 0.376 e. The average molecular weight is 337 g/mol. The molecule has 1 saturated carbocycles. The van der Waals surface area contributed by atoms with E-state index in [1.54, 1.807) is 6.92 Å². The maximum atomic E-state index is 12.9. The zero-order valence-corrected chi connectivity index (χ0v) is 14.8. The van der Waals surface area contributed by atoms with Crippen LogP contribution in [-0.2, 0) is 14.3 Å². The highest BCUT2D eigenvalue weighted by Gasteiger charge is 2.37. The van der Waals surface area contributed by atoms with Gasteiger partial charge in [-0.2, -0.15) is 0 Å². The van der Waals surface area contributed by atoms with Gasteiger partial charge in [0.25, 0.3) is 0 Å². The van der Waals surface area contributed by atoms with Gasteiger partial charge < -0.3 is 15.0 Å². The van der Waals surface area contributed by atoms with Gasteiger partial charge in [-0.05, 0) is 31.6 Å². The predicted molar refractivity (Wildman–Crippen MR) is 91.6 cm³/mol. The van der Waals surface area contributed by atoms with Crippen LogP contribution in [-0.4, -0.2) is 73.1 Å². The van der Waals surface area contributed by atoms with Crippen molar-refractivity contribution in [3.8, 4) is 0 Å². The molecule has 2 atom stereocenters. The minimum atomic E-state index is -0.0389. The molecule has 6 heteroatoms. The predicted octanol–water partition coefficient (Wildman–Crippen LogP) is 1.00. The van der Waals surface area contributed by atoms with Crippen molar-refractivity contribution in [1.82, 2.24) is 15.1 Å². The van der Waals surface area contributed by atoms with Gasteiger partial charge in [0.15, 0.2) is 0 Å². The first-order valence-corrected chi connectivity index (χ1v) is 9.54. The molecule has 3 rings (SSSR count). The van der Waals surface area contributed by atoms with Crippen LogP contribution in [0.4, 0.5) is 0 Å². The van der Waals surface area contributed by atoms with Crippen molar-refractivity contribution in [2.75, 3.05) is 39.3 Å². The first-order valence-electron chi connectivity index (χ1n) is 9.54. The first-order chi connectivity index (χ1) is 11.6. The second-order valence-corrected chi connectivity index (χ2v) is 7.41. The minimum absolute atomic E-state index is 0.0389. The monoisotopic (exact) mass is 337 g/mol. The normalized spacial score (nSPS) is 27.4. The number of nitrogens with one attached hydrogen (secondary N) is 1. The highest BCUT2D eigenvalue weighted by molar-refractivity contribution is 5.82. The minimum Gasteiger partial charge on any atom is -0.376 e. The molecule has 1 N–H and O–H groups in total. The molecule has 2 heterocycles. The van der Waals surface area contributed by atoms with Gasteiger partial charge >= 0.3 is 0 Å². The Kier molecular flexibility index (Phi) is 6.11. The molecule has 3 fully saturated rings.